The number of nitrogens with zero attached hydrogens (tertiary/aromatic N) is 1. The summed E-state index contributed by atoms with van der Waals surface area (Å²) >= 11 is 1.29. The highest BCUT2D eigenvalue weighted by atomic mass is 32.2. The van der Waals surface area contributed by atoms with Gasteiger partial charge in [0.05, 0.1) is 16.4 Å². The summed E-state index contributed by atoms with van der Waals surface area (Å²) in [5.41, 5.74) is 0. The molecule has 1 aromatic carbocycles. The van der Waals surface area contributed by atoms with Gasteiger partial charge in [0.15, 0.2) is 9.84 Å². The van der Waals surface area contributed by atoms with Crippen LogP contribution in [0.5, 0.6) is 0 Å². The van der Waals surface area contributed by atoms with Gasteiger partial charge in [0.25, 0.3) is 5.91 Å². The topological polar surface area (TPSA) is 67.6 Å². The van der Waals surface area contributed by atoms with Gasteiger partial charge in [0.1, 0.15) is 17.3 Å². The van der Waals surface area contributed by atoms with E-state index in [1.165, 1.54) is 29.7 Å². The average molecular weight is 393 g/mol. The molecule has 3 aromatic rings. The number of carbonyl (C=O) groups excluding carboxylic acids is 1. The van der Waals surface area contributed by atoms with Gasteiger partial charge in [-0.15, -0.1) is 11.3 Å². The Kier molecular flexibility index (Phi) is 4.32. The standard InChI is InChI=1S/C18H16FNO4S2/c19-13-3-4-16-12(8-13)9-17(25-16)18(21)20-6-5-15(10-20)26(22,23)11-14-2-1-7-24-14/h1-4,7-9,15H,5-6,10-11H2/t15-/m1/s1. The third-order valence-electron chi connectivity index (χ3n) is 4.55. The summed E-state index contributed by atoms with van der Waals surface area (Å²) in [6.45, 7) is 0.563. The molecule has 1 fully saturated rings. The molecule has 0 N–H and O–H groups in total. The first-order valence-electron chi connectivity index (χ1n) is 8.15. The average Bonchev–Trinajstić information content (AvgIpc) is 3.33. The van der Waals surface area contributed by atoms with Crippen LogP contribution >= 0.6 is 11.3 Å². The summed E-state index contributed by atoms with van der Waals surface area (Å²) in [4.78, 5) is 14.8. The Morgan fingerprint density at radius 3 is 2.92 bits per heavy atom. The Bertz CT molecular complexity index is 1060. The molecule has 26 heavy (non-hydrogen) atoms. The van der Waals surface area contributed by atoms with Crippen LogP contribution in [0.2, 0.25) is 0 Å². The van der Waals surface area contributed by atoms with Crippen molar-refractivity contribution >= 4 is 37.2 Å². The van der Waals surface area contributed by atoms with Gasteiger partial charge in [-0.05, 0) is 48.2 Å². The molecule has 1 atom stereocenters. The number of furan rings is 1. The number of thiophene rings is 1. The number of carbonyl (C=O) groups is 1. The van der Waals surface area contributed by atoms with Crippen molar-refractivity contribution in [2.75, 3.05) is 13.1 Å². The second-order valence-electron chi connectivity index (χ2n) is 6.34. The van der Waals surface area contributed by atoms with E-state index in [4.69, 9.17) is 4.42 Å². The van der Waals surface area contributed by atoms with Gasteiger partial charge in [-0.3, -0.25) is 4.79 Å². The Morgan fingerprint density at radius 2 is 2.15 bits per heavy atom. The first-order chi connectivity index (χ1) is 12.4. The zero-order chi connectivity index (χ0) is 18.3. The first kappa shape index (κ1) is 17.2. The van der Waals surface area contributed by atoms with Crippen LogP contribution in [-0.2, 0) is 15.6 Å². The van der Waals surface area contributed by atoms with Crippen LogP contribution in [0, 0.1) is 5.82 Å². The molecular weight excluding hydrogens is 377 g/mol. The fourth-order valence-electron chi connectivity index (χ4n) is 3.19. The van der Waals surface area contributed by atoms with E-state index < -0.39 is 15.1 Å². The van der Waals surface area contributed by atoms with Crippen molar-refractivity contribution < 1.29 is 22.0 Å². The Hall–Kier alpha value is -2.19. The number of benzene rings is 1. The van der Waals surface area contributed by atoms with Crippen LogP contribution in [0.3, 0.4) is 0 Å². The van der Waals surface area contributed by atoms with Gasteiger partial charge < -0.3 is 9.32 Å². The summed E-state index contributed by atoms with van der Waals surface area (Å²) in [6, 6.07) is 9.34. The molecule has 0 aliphatic carbocycles. The molecule has 4 rings (SSSR count). The fourth-order valence-corrected chi connectivity index (χ4v) is 5.87. The maximum Gasteiger partial charge on any atom is 0.264 e. The predicted molar refractivity (Wildman–Crippen MR) is 97.4 cm³/mol. The number of hydrogen-bond donors (Lipinski definition) is 0. The normalized spacial score (nSPS) is 17.9. The molecule has 2 aromatic heterocycles. The van der Waals surface area contributed by atoms with Crippen molar-refractivity contribution in [3.05, 3.63) is 59.1 Å². The minimum absolute atomic E-state index is 0.158. The van der Waals surface area contributed by atoms with Crippen LogP contribution in [0.1, 0.15) is 21.9 Å². The molecule has 0 radical (unpaired) electrons. The minimum Gasteiger partial charge on any atom is -0.468 e. The van der Waals surface area contributed by atoms with E-state index in [0.717, 1.165) is 4.70 Å². The highest BCUT2D eigenvalue weighted by molar-refractivity contribution is 7.91. The van der Waals surface area contributed by atoms with E-state index in [-0.39, 0.29) is 24.0 Å². The van der Waals surface area contributed by atoms with E-state index in [1.807, 2.05) is 0 Å². The second kappa shape index (κ2) is 6.51. The lowest BCUT2D eigenvalue weighted by molar-refractivity contribution is 0.0798. The first-order valence-corrected chi connectivity index (χ1v) is 10.7. The lowest BCUT2D eigenvalue weighted by Crippen LogP contribution is -2.31. The molecule has 0 bridgehead atoms. The summed E-state index contributed by atoms with van der Waals surface area (Å²) in [5.74, 6) is -0.308. The van der Waals surface area contributed by atoms with Gasteiger partial charge >= 0.3 is 0 Å². The highest BCUT2D eigenvalue weighted by Gasteiger charge is 2.36. The molecule has 5 nitrogen and oxygen atoms in total. The number of likely N-dealkylation sites (tertiary alicyclic amines) is 1. The van der Waals surface area contributed by atoms with Crippen molar-refractivity contribution in [1.82, 2.24) is 4.90 Å². The number of hydrogen-bond acceptors (Lipinski definition) is 5. The zero-order valence-electron chi connectivity index (χ0n) is 13.7. The van der Waals surface area contributed by atoms with Crippen molar-refractivity contribution in [2.24, 2.45) is 0 Å². The van der Waals surface area contributed by atoms with Gasteiger partial charge in [-0.25, -0.2) is 12.8 Å². The third kappa shape index (κ3) is 3.26. The molecular formula is C18H16FNO4S2. The molecule has 1 amide bonds. The third-order valence-corrected chi connectivity index (χ3v) is 7.74. The molecule has 0 spiro atoms. The quantitative estimate of drug-likeness (QED) is 0.681. The summed E-state index contributed by atoms with van der Waals surface area (Å²) in [5, 5.41) is 0.0860. The Labute approximate surface area is 154 Å². The van der Waals surface area contributed by atoms with E-state index in [2.05, 4.69) is 0 Å². The van der Waals surface area contributed by atoms with E-state index in [1.54, 1.807) is 29.2 Å². The molecule has 8 heteroatoms. The number of halogens is 1. The fraction of sp³-hybridized carbons (Fsp3) is 0.278. The van der Waals surface area contributed by atoms with E-state index >= 15 is 0 Å². The zero-order valence-corrected chi connectivity index (χ0v) is 15.4. The van der Waals surface area contributed by atoms with Crippen molar-refractivity contribution in [1.29, 1.82) is 0 Å². The summed E-state index contributed by atoms with van der Waals surface area (Å²) in [7, 11) is -3.40. The second-order valence-corrected chi connectivity index (χ2v) is 9.71. The van der Waals surface area contributed by atoms with Crippen LogP contribution in [0.15, 0.2) is 47.1 Å². The SMILES string of the molecule is O=C(c1cc2cc(F)ccc2s1)N1CC[C@@H](S(=O)(=O)Cc2ccco2)C1. The smallest absolute Gasteiger partial charge is 0.264 e. The maximum atomic E-state index is 13.3. The number of fused-ring (bicyclic) bond motifs is 1. The van der Waals surface area contributed by atoms with E-state index in [0.29, 0.717) is 29.0 Å². The number of rotatable bonds is 4. The maximum absolute atomic E-state index is 13.3. The molecule has 1 aliphatic heterocycles. The molecule has 3 heterocycles. The lowest BCUT2D eigenvalue weighted by Gasteiger charge is -2.15. The minimum atomic E-state index is -3.40. The monoisotopic (exact) mass is 393 g/mol. The predicted octanol–water partition coefficient (Wildman–Crippen LogP) is 3.46. The summed E-state index contributed by atoms with van der Waals surface area (Å²) < 4.78 is 44.4. The van der Waals surface area contributed by atoms with Gasteiger partial charge in [-0.1, -0.05) is 0 Å². The van der Waals surface area contributed by atoms with Crippen LogP contribution in [0.4, 0.5) is 4.39 Å². The Morgan fingerprint density at radius 1 is 1.31 bits per heavy atom. The number of amides is 1. The van der Waals surface area contributed by atoms with Gasteiger partial charge in [0.2, 0.25) is 0 Å². The molecule has 0 unspecified atom stereocenters. The highest BCUT2D eigenvalue weighted by Crippen LogP contribution is 2.29. The van der Waals surface area contributed by atoms with Crippen LogP contribution in [0.25, 0.3) is 10.1 Å². The van der Waals surface area contributed by atoms with Gasteiger partial charge in [-0.2, -0.15) is 0 Å². The molecule has 0 saturated carbocycles. The molecule has 136 valence electrons. The van der Waals surface area contributed by atoms with Crippen molar-refractivity contribution in [3.63, 3.8) is 0 Å². The lowest BCUT2D eigenvalue weighted by atomic mass is 10.2. The van der Waals surface area contributed by atoms with Crippen LogP contribution in [-0.4, -0.2) is 37.6 Å². The Balaban J connectivity index is 1.49. The van der Waals surface area contributed by atoms with Crippen molar-refractivity contribution in [3.8, 4) is 0 Å². The molecule has 1 aliphatic rings. The van der Waals surface area contributed by atoms with E-state index in [9.17, 15) is 17.6 Å². The molecule has 1 saturated heterocycles. The van der Waals surface area contributed by atoms with Crippen LogP contribution < -0.4 is 0 Å². The number of sulfone groups is 1. The summed E-state index contributed by atoms with van der Waals surface area (Å²) in [6.07, 6.45) is 1.86. The largest absolute Gasteiger partial charge is 0.468 e. The van der Waals surface area contributed by atoms with Gasteiger partial charge in [0, 0.05) is 17.8 Å². The van der Waals surface area contributed by atoms with Crippen molar-refractivity contribution in [2.45, 2.75) is 17.4 Å².